The molecule has 1 fully saturated rings. The zero-order valence-electron chi connectivity index (χ0n) is 13.4. The summed E-state index contributed by atoms with van der Waals surface area (Å²) in [7, 11) is 0. The van der Waals surface area contributed by atoms with Crippen LogP contribution in [0.25, 0.3) is 0 Å². The Labute approximate surface area is 139 Å². The Morgan fingerprint density at radius 2 is 1.91 bits per heavy atom. The molecule has 0 radical (unpaired) electrons. The van der Waals surface area contributed by atoms with Gasteiger partial charge in [0.05, 0.1) is 0 Å². The van der Waals surface area contributed by atoms with E-state index in [1.54, 1.807) is 0 Å². The molecule has 1 aromatic carbocycles. The van der Waals surface area contributed by atoms with E-state index < -0.39 is 0 Å². The average molecular weight is 326 g/mol. The molecule has 0 atom stereocenters. The number of hydrogen-bond donors (Lipinski definition) is 2. The summed E-state index contributed by atoms with van der Waals surface area (Å²) >= 11 is 0. The first-order chi connectivity index (χ1) is 10.2. The predicted molar refractivity (Wildman–Crippen MR) is 93.4 cm³/mol. The molecule has 0 aromatic heterocycles. The van der Waals surface area contributed by atoms with E-state index in [1.807, 2.05) is 24.3 Å². The van der Waals surface area contributed by atoms with E-state index in [4.69, 9.17) is 5.73 Å². The molecule has 1 aliphatic heterocycles. The lowest BCUT2D eigenvalue weighted by Crippen LogP contribution is -2.35. The number of carbonyl (C=O) groups excluding carboxylic acids is 1. The van der Waals surface area contributed by atoms with Crippen LogP contribution in [0.15, 0.2) is 24.3 Å². The maximum Gasteiger partial charge on any atom is 0.251 e. The lowest BCUT2D eigenvalue weighted by atomic mass is 9.93. The predicted octanol–water partition coefficient (Wildman–Crippen LogP) is 2.42. The largest absolute Gasteiger partial charge is 0.352 e. The normalized spacial score (nSPS) is 16.1. The molecular formula is C17H28ClN3O. The number of nitrogens with two attached hydrogens (primary N) is 1. The molecule has 1 heterocycles. The highest BCUT2D eigenvalue weighted by molar-refractivity contribution is 5.94. The van der Waals surface area contributed by atoms with Crippen LogP contribution in [0.3, 0.4) is 0 Å². The van der Waals surface area contributed by atoms with Gasteiger partial charge in [-0.25, -0.2) is 0 Å². The van der Waals surface area contributed by atoms with Crippen molar-refractivity contribution < 1.29 is 4.79 Å². The third-order valence-corrected chi connectivity index (χ3v) is 4.44. The van der Waals surface area contributed by atoms with Gasteiger partial charge in [-0.15, -0.1) is 12.4 Å². The van der Waals surface area contributed by atoms with Gasteiger partial charge < -0.3 is 16.0 Å². The number of nitrogens with one attached hydrogen (secondary N) is 1. The summed E-state index contributed by atoms with van der Waals surface area (Å²) in [6.45, 7) is 7.07. The van der Waals surface area contributed by atoms with Gasteiger partial charge in [-0.2, -0.15) is 0 Å². The van der Waals surface area contributed by atoms with Crippen molar-refractivity contribution in [1.82, 2.24) is 10.2 Å². The number of carbonyl (C=O) groups is 1. The number of hydrogen-bond acceptors (Lipinski definition) is 3. The SMILES string of the molecule is CCN1CCC(CCNC(=O)c2ccc(CN)cc2)CC1.Cl. The van der Waals surface area contributed by atoms with Crippen molar-refractivity contribution in [3.05, 3.63) is 35.4 Å². The molecule has 22 heavy (non-hydrogen) atoms. The van der Waals surface area contributed by atoms with Crippen LogP contribution in [0.4, 0.5) is 0 Å². The topological polar surface area (TPSA) is 58.4 Å². The molecule has 1 aliphatic rings. The van der Waals surface area contributed by atoms with Crippen molar-refractivity contribution in [2.75, 3.05) is 26.2 Å². The van der Waals surface area contributed by atoms with Gasteiger partial charge in [0.1, 0.15) is 0 Å². The summed E-state index contributed by atoms with van der Waals surface area (Å²) < 4.78 is 0. The molecule has 3 N–H and O–H groups in total. The van der Waals surface area contributed by atoms with Crippen LogP contribution in [-0.4, -0.2) is 37.0 Å². The minimum absolute atomic E-state index is 0. The molecule has 5 heteroatoms. The standard InChI is InChI=1S/C17H27N3O.ClH/c1-2-20-11-8-14(9-12-20)7-10-19-17(21)16-5-3-15(13-18)4-6-16;/h3-6,14H,2,7-13,18H2,1H3,(H,19,21);1H. The first-order valence-corrected chi connectivity index (χ1v) is 8.02. The van der Waals surface area contributed by atoms with Gasteiger partial charge in [0.2, 0.25) is 0 Å². The monoisotopic (exact) mass is 325 g/mol. The quantitative estimate of drug-likeness (QED) is 0.844. The Morgan fingerprint density at radius 1 is 1.27 bits per heavy atom. The zero-order chi connectivity index (χ0) is 15.1. The highest BCUT2D eigenvalue weighted by atomic mass is 35.5. The molecule has 0 aliphatic carbocycles. The lowest BCUT2D eigenvalue weighted by Gasteiger charge is -2.31. The first-order valence-electron chi connectivity index (χ1n) is 8.02. The van der Waals surface area contributed by atoms with Gasteiger partial charge in [-0.3, -0.25) is 4.79 Å². The molecule has 0 saturated carbocycles. The maximum absolute atomic E-state index is 12.0. The Kier molecular flexibility index (Phi) is 8.46. The summed E-state index contributed by atoms with van der Waals surface area (Å²) in [4.78, 5) is 14.5. The van der Waals surface area contributed by atoms with Crippen LogP contribution in [0.1, 0.15) is 42.1 Å². The van der Waals surface area contributed by atoms with Gasteiger partial charge >= 0.3 is 0 Å². The molecule has 0 spiro atoms. The van der Waals surface area contributed by atoms with Crippen LogP contribution < -0.4 is 11.1 Å². The molecule has 0 unspecified atom stereocenters. The van der Waals surface area contributed by atoms with E-state index in [9.17, 15) is 4.79 Å². The van der Waals surface area contributed by atoms with Crippen molar-refractivity contribution >= 4 is 18.3 Å². The van der Waals surface area contributed by atoms with E-state index in [0.29, 0.717) is 12.1 Å². The molecule has 4 nitrogen and oxygen atoms in total. The van der Waals surface area contributed by atoms with Crippen molar-refractivity contribution in [1.29, 1.82) is 0 Å². The second kappa shape index (κ2) is 9.82. The maximum atomic E-state index is 12.0. The smallest absolute Gasteiger partial charge is 0.251 e. The van der Waals surface area contributed by atoms with Crippen LogP contribution >= 0.6 is 12.4 Å². The number of halogens is 1. The summed E-state index contributed by atoms with van der Waals surface area (Å²) in [6.07, 6.45) is 3.61. The molecule has 0 bridgehead atoms. The molecule has 1 saturated heterocycles. The van der Waals surface area contributed by atoms with Crippen LogP contribution in [-0.2, 0) is 6.54 Å². The number of piperidine rings is 1. The van der Waals surface area contributed by atoms with Crippen LogP contribution in [0.2, 0.25) is 0 Å². The summed E-state index contributed by atoms with van der Waals surface area (Å²) in [5, 5.41) is 3.03. The number of rotatable bonds is 6. The molecular weight excluding hydrogens is 298 g/mol. The van der Waals surface area contributed by atoms with Crippen LogP contribution in [0.5, 0.6) is 0 Å². The van der Waals surface area contributed by atoms with Gasteiger partial charge in [0.15, 0.2) is 0 Å². The van der Waals surface area contributed by atoms with E-state index in [0.717, 1.165) is 31.0 Å². The molecule has 2 rings (SSSR count). The van der Waals surface area contributed by atoms with Gasteiger partial charge in [0.25, 0.3) is 5.91 Å². The number of likely N-dealkylation sites (tertiary alicyclic amines) is 1. The Hall–Kier alpha value is -1.10. The third-order valence-electron chi connectivity index (χ3n) is 4.44. The molecule has 124 valence electrons. The summed E-state index contributed by atoms with van der Waals surface area (Å²) in [5.41, 5.74) is 7.32. The lowest BCUT2D eigenvalue weighted by molar-refractivity contribution is 0.0948. The second-order valence-corrected chi connectivity index (χ2v) is 5.82. The van der Waals surface area contributed by atoms with E-state index >= 15 is 0 Å². The number of nitrogens with zero attached hydrogens (tertiary/aromatic N) is 1. The van der Waals surface area contributed by atoms with Crippen molar-refractivity contribution in [2.45, 2.75) is 32.7 Å². The van der Waals surface area contributed by atoms with Gasteiger partial charge in [0, 0.05) is 18.7 Å². The highest BCUT2D eigenvalue weighted by Gasteiger charge is 2.17. The third kappa shape index (κ3) is 5.59. The minimum Gasteiger partial charge on any atom is -0.352 e. The van der Waals surface area contributed by atoms with Crippen molar-refractivity contribution in [2.24, 2.45) is 11.7 Å². The van der Waals surface area contributed by atoms with Gasteiger partial charge in [-0.05, 0) is 62.5 Å². The Morgan fingerprint density at radius 3 is 2.45 bits per heavy atom. The van der Waals surface area contributed by atoms with E-state index in [-0.39, 0.29) is 18.3 Å². The fourth-order valence-electron chi connectivity index (χ4n) is 2.88. The Balaban J connectivity index is 0.00000242. The van der Waals surface area contributed by atoms with Crippen molar-refractivity contribution in [3.63, 3.8) is 0 Å². The first kappa shape index (κ1) is 18.9. The van der Waals surface area contributed by atoms with E-state index in [2.05, 4.69) is 17.1 Å². The van der Waals surface area contributed by atoms with Gasteiger partial charge in [-0.1, -0.05) is 19.1 Å². The Bertz CT molecular complexity index is 442. The number of amides is 1. The minimum atomic E-state index is 0. The second-order valence-electron chi connectivity index (χ2n) is 5.82. The summed E-state index contributed by atoms with van der Waals surface area (Å²) in [5.74, 6) is 0.775. The molecule has 1 amide bonds. The number of benzene rings is 1. The van der Waals surface area contributed by atoms with Crippen LogP contribution in [0, 0.1) is 5.92 Å². The fourth-order valence-corrected chi connectivity index (χ4v) is 2.88. The van der Waals surface area contributed by atoms with Crippen molar-refractivity contribution in [3.8, 4) is 0 Å². The van der Waals surface area contributed by atoms with E-state index in [1.165, 1.54) is 25.9 Å². The summed E-state index contributed by atoms with van der Waals surface area (Å²) in [6, 6.07) is 7.51. The zero-order valence-corrected chi connectivity index (χ0v) is 14.2. The molecule has 1 aromatic rings. The highest BCUT2D eigenvalue weighted by Crippen LogP contribution is 2.19. The fraction of sp³-hybridized carbons (Fsp3) is 0.588. The average Bonchev–Trinajstić information content (AvgIpc) is 2.55.